The summed E-state index contributed by atoms with van der Waals surface area (Å²) in [6.07, 6.45) is 0.581. The second-order valence-corrected chi connectivity index (χ2v) is 7.79. The van der Waals surface area contributed by atoms with Crippen LogP contribution < -0.4 is 21.4 Å². The standard InChI is InChI=1S/C23H23N7O5/c1-14(16-6-8-17(9-7-16)30(33)34)26-27-22-24-20-19(21(31)25-23(32)28(20)2)29(22)13-12-15-4-10-18(35-3)11-5-15/h4-11H,12-13H2,1-3H3,(H,24,27)(H,25,31,32). The van der Waals surface area contributed by atoms with Crippen molar-refractivity contribution in [3.8, 4) is 5.75 Å². The van der Waals surface area contributed by atoms with Crippen molar-refractivity contribution in [3.05, 3.63) is 90.6 Å². The molecule has 0 fully saturated rings. The molecule has 0 aliphatic carbocycles. The molecule has 12 heteroatoms. The number of hydrogen-bond acceptors (Lipinski definition) is 8. The molecule has 35 heavy (non-hydrogen) atoms. The number of nitrogens with zero attached hydrogens (tertiary/aromatic N) is 5. The highest BCUT2D eigenvalue weighted by Crippen LogP contribution is 2.19. The van der Waals surface area contributed by atoms with Crippen molar-refractivity contribution in [3.63, 3.8) is 0 Å². The number of aromatic amines is 1. The van der Waals surface area contributed by atoms with Crippen molar-refractivity contribution in [2.24, 2.45) is 12.1 Å². The van der Waals surface area contributed by atoms with Crippen LogP contribution in [-0.4, -0.2) is 36.8 Å². The molecule has 2 aromatic heterocycles. The molecular formula is C23H23N7O5. The Morgan fingerprint density at radius 2 is 1.86 bits per heavy atom. The van der Waals surface area contributed by atoms with Crippen LogP contribution in [0.4, 0.5) is 11.6 Å². The number of hydrogen-bond donors (Lipinski definition) is 2. The fourth-order valence-corrected chi connectivity index (χ4v) is 3.59. The Hall–Kier alpha value is -4.74. The number of nitro groups is 1. The van der Waals surface area contributed by atoms with Gasteiger partial charge in [0.1, 0.15) is 5.75 Å². The van der Waals surface area contributed by atoms with Gasteiger partial charge in [0.05, 0.1) is 17.7 Å². The Morgan fingerprint density at radius 3 is 2.49 bits per heavy atom. The van der Waals surface area contributed by atoms with Gasteiger partial charge >= 0.3 is 5.69 Å². The van der Waals surface area contributed by atoms with E-state index in [9.17, 15) is 19.7 Å². The van der Waals surface area contributed by atoms with Crippen LogP contribution in [0.5, 0.6) is 5.75 Å². The van der Waals surface area contributed by atoms with Gasteiger partial charge in [0.25, 0.3) is 11.2 Å². The molecule has 0 radical (unpaired) electrons. The zero-order valence-electron chi connectivity index (χ0n) is 19.3. The summed E-state index contributed by atoms with van der Waals surface area (Å²) in [6.45, 7) is 2.12. The molecule has 0 saturated carbocycles. The summed E-state index contributed by atoms with van der Waals surface area (Å²) in [6, 6.07) is 13.6. The number of rotatable bonds is 8. The van der Waals surface area contributed by atoms with Crippen LogP contribution in [0.2, 0.25) is 0 Å². The van der Waals surface area contributed by atoms with Gasteiger partial charge in [-0.1, -0.05) is 12.1 Å². The number of nitrogens with one attached hydrogen (secondary N) is 2. The fourth-order valence-electron chi connectivity index (χ4n) is 3.59. The monoisotopic (exact) mass is 477 g/mol. The van der Waals surface area contributed by atoms with Crippen molar-refractivity contribution in [2.45, 2.75) is 19.9 Å². The molecule has 2 N–H and O–H groups in total. The maximum Gasteiger partial charge on any atom is 0.329 e. The van der Waals surface area contributed by atoms with Crippen LogP contribution in [0, 0.1) is 10.1 Å². The number of anilines is 1. The molecule has 0 unspecified atom stereocenters. The number of ether oxygens (including phenoxy) is 1. The maximum atomic E-state index is 12.7. The van der Waals surface area contributed by atoms with Crippen molar-refractivity contribution >= 4 is 28.5 Å². The first-order valence-corrected chi connectivity index (χ1v) is 10.7. The summed E-state index contributed by atoms with van der Waals surface area (Å²) in [5.74, 6) is 1.02. The van der Waals surface area contributed by atoms with Crippen molar-refractivity contribution < 1.29 is 9.66 Å². The first kappa shape index (κ1) is 23.4. The van der Waals surface area contributed by atoms with Crippen LogP contribution in [0.25, 0.3) is 11.2 Å². The molecule has 0 spiro atoms. The van der Waals surface area contributed by atoms with Gasteiger partial charge in [-0.2, -0.15) is 10.1 Å². The summed E-state index contributed by atoms with van der Waals surface area (Å²) in [5.41, 5.74) is 4.46. The smallest absolute Gasteiger partial charge is 0.329 e. The lowest BCUT2D eigenvalue weighted by molar-refractivity contribution is -0.384. The molecule has 2 aromatic carbocycles. The van der Waals surface area contributed by atoms with Crippen LogP contribution in [0.1, 0.15) is 18.1 Å². The van der Waals surface area contributed by atoms with Gasteiger partial charge in [0.2, 0.25) is 5.95 Å². The minimum atomic E-state index is -0.570. The van der Waals surface area contributed by atoms with Crippen LogP contribution in [0.15, 0.2) is 63.2 Å². The average molecular weight is 477 g/mol. The Morgan fingerprint density at radius 1 is 1.17 bits per heavy atom. The number of benzene rings is 2. The average Bonchev–Trinajstić information content (AvgIpc) is 3.24. The number of imidazole rings is 1. The topological polar surface area (TPSA) is 149 Å². The predicted octanol–water partition coefficient (Wildman–Crippen LogP) is 2.42. The molecule has 4 rings (SSSR count). The molecule has 0 saturated heterocycles. The lowest BCUT2D eigenvalue weighted by Crippen LogP contribution is -2.29. The first-order chi connectivity index (χ1) is 16.8. The molecule has 0 amide bonds. The second kappa shape index (κ2) is 9.63. The zero-order chi connectivity index (χ0) is 25.1. The maximum absolute atomic E-state index is 12.7. The molecule has 4 aromatic rings. The van der Waals surface area contributed by atoms with E-state index in [4.69, 9.17) is 4.74 Å². The Bertz CT molecular complexity index is 1530. The first-order valence-electron chi connectivity index (χ1n) is 10.7. The normalized spacial score (nSPS) is 11.6. The summed E-state index contributed by atoms with van der Waals surface area (Å²) < 4.78 is 8.13. The second-order valence-electron chi connectivity index (χ2n) is 7.79. The number of H-pyrrole nitrogens is 1. The Labute approximate surface area is 198 Å². The highest BCUT2D eigenvalue weighted by molar-refractivity contribution is 5.99. The number of methoxy groups -OCH3 is 1. The number of hydrazone groups is 1. The lowest BCUT2D eigenvalue weighted by Gasteiger charge is -2.09. The van der Waals surface area contributed by atoms with Crippen LogP contribution >= 0.6 is 0 Å². The van der Waals surface area contributed by atoms with E-state index in [1.807, 2.05) is 24.3 Å². The van der Waals surface area contributed by atoms with Gasteiger partial charge in [0.15, 0.2) is 11.2 Å². The SMILES string of the molecule is COc1ccc(CCn2c(NN=C(C)c3ccc([N+](=O)[O-])cc3)nc3c2c(=O)[nH]c(=O)n3C)cc1. The molecule has 0 atom stereocenters. The molecule has 0 aliphatic rings. The number of aromatic nitrogens is 4. The van der Waals surface area contributed by atoms with E-state index in [1.54, 1.807) is 30.7 Å². The van der Waals surface area contributed by atoms with E-state index in [0.29, 0.717) is 24.2 Å². The fraction of sp³-hybridized carbons (Fsp3) is 0.217. The van der Waals surface area contributed by atoms with E-state index in [2.05, 4.69) is 20.5 Å². The number of nitro benzene ring substituents is 1. The van der Waals surface area contributed by atoms with Crippen molar-refractivity contribution in [2.75, 3.05) is 12.5 Å². The number of non-ortho nitro benzene ring substituents is 1. The van der Waals surface area contributed by atoms with Crippen LogP contribution in [-0.2, 0) is 20.0 Å². The van der Waals surface area contributed by atoms with E-state index in [1.165, 1.54) is 23.7 Å². The number of fused-ring (bicyclic) bond motifs is 1. The summed E-state index contributed by atoms with van der Waals surface area (Å²) in [5, 5.41) is 15.2. The van der Waals surface area contributed by atoms with Gasteiger partial charge in [-0.3, -0.25) is 24.5 Å². The van der Waals surface area contributed by atoms with Gasteiger partial charge < -0.3 is 9.30 Å². The van der Waals surface area contributed by atoms with E-state index in [0.717, 1.165) is 11.3 Å². The Kier molecular flexibility index (Phi) is 6.44. The quantitative estimate of drug-likeness (QED) is 0.225. The third-order valence-electron chi connectivity index (χ3n) is 5.61. The van der Waals surface area contributed by atoms with Crippen LogP contribution in [0.3, 0.4) is 0 Å². The summed E-state index contributed by atoms with van der Waals surface area (Å²) >= 11 is 0. The molecule has 0 aliphatic heterocycles. The molecule has 12 nitrogen and oxygen atoms in total. The Balaban J connectivity index is 1.68. The van der Waals surface area contributed by atoms with E-state index < -0.39 is 16.2 Å². The van der Waals surface area contributed by atoms with Crippen molar-refractivity contribution in [1.29, 1.82) is 0 Å². The molecule has 0 bridgehead atoms. The largest absolute Gasteiger partial charge is 0.497 e. The summed E-state index contributed by atoms with van der Waals surface area (Å²) in [7, 11) is 3.12. The zero-order valence-corrected chi connectivity index (χ0v) is 19.3. The van der Waals surface area contributed by atoms with Gasteiger partial charge in [-0.15, -0.1) is 0 Å². The number of aryl methyl sites for hydroxylation is 3. The highest BCUT2D eigenvalue weighted by atomic mass is 16.6. The summed E-state index contributed by atoms with van der Waals surface area (Å²) in [4.78, 5) is 41.9. The predicted molar refractivity (Wildman–Crippen MR) is 131 cm³/mol. The lowest BCUT2D eigenvalue weighted by atomic mass is 10.1. The minimum absolute atomic E-state index is 0.0185. The van der Waals surface area contributed by atoms with E-state index in [-0.39, 0.29) is 22.8 Å². The van der Waals surface area contributed by atoms with Gasteiger partial charge in [-0.05, 0) is 48.7 Å². The van der Waals surface area contributed by atoms with Gasteiger partial charge in [0, 0.05) is 25.7 Å². The minimum Gasteiger partial charge on any atom is -0.497 e. The van der Waals surface area contributed by atoms with Crippen molar-refractivity contribution in [1.82, 2.24) is 19.1 Å². The third-order valence-corrected chi connectivity index (χ3v) is 5.61. The molecule has 180 valence electrons. The third kappa shape index (κ3) is 4.81. The highest BCUT2D eigenvalue weighted by Gasteiger charge is 2.17. The van der Waals surface area contributed by atoms with E-state index >= 15 is 0 Å². The molecular weight excluding hydrogens is 454 g/mol. The molecule has 2 heterocycles. The van der Waals surface area contributed by atoms with Gasteiger partial charge in [-0.25, -0.2) is 10.2 Å².